The Morgan fingerprint density at radius 2 is 1.40 bits per heavy atom. The first-order valence-corrected chi connectivity index (χ1v) is 8.59. The molecule has 3 amide bonds. The molecule has 1 fully saturated rings. The number of hydrogen-bond donors (Lipinski definition) is 2. The van der Waals surface area contributed by atoms with E-state index in [0.29, 0.717) is 13.1 Å². The van der Waals surface area contributed by atoms with Crippen molar-refractivity contribution in [1.29, 1.82) is 0 Å². The van der Waals surface area contributed by atoms with E-state index in [1.54, 1.807) is 0 Å². The van der Waals surface area contributed by atoms with Crippen molar-refractivity contribution in [2.24, 2.45) is 0 Å². The van der Waals surface area contributed by atoms with Crippen molar-refractivity contribution in [3.8, 4) is 0 Å². The third-order valence-corrected chi connectivity index (χ3v) is 4.03. The van der Waals surface area contributed by atoms with E-state index in [2.05, 4.69) is 10.6 Å². The van der Waals surface area contributed by atoms with Gasteiger partial charge in [-0.05, 0) is 24.0 Å². The third-order valence-electron chi connectivity index (χ3n) is 4.03. The molecule has 5 nitrogen and oxygen atoms in total. The van der Waals surface area contributed by atoms with Crippen LogP contribution in [0.25, 0.3) is 0 Å². The van der Waals surface area contributed by atoms with Crippen LogP contribution < -0.4 is 10.6 Å². The predicted octanol–water partition coefficient (Wildman–Crippen LogP) is 2.68. The van der Waals surface area contributed by atoms with Gasteiger partial charge in [-0.1, -0.05) is 60.7 Å². The van der Waals surface area contributed by atoms with Crippen molar-refractivity contribution < 1.29 is 9.59 Å². The molecule has 25 heavy (non-hydrogen) atoms. The molecule has 0 radical (unpaired) electrons. The zero-order valence-electron chi connectivity index (χ0n) is 14.2. The van der Waals surface area contributed by atoms with Crippen LogP contribution in [-0.4, -0.2) is 29.4 Å². The minimum atomic E-state index is -0.396. The Kier molecular flexibility index (Phi) is 5.80. The van der Waals surface area contributed by atoms with E-state index >= 15 is 0 Å². The summed E-state index contributed by atoms with van der Waals surface area (Å²) in [6, 6.07) is 19.9. The summed E-state index contributed by atoms with van der Waals surface area (Å²) in [7, 11) is 0. The Labute approximate surface area is 148 Å². The van der Waals surface area contributed by atoms with Crippen molar-refractivity contribution in [2.45, 2.75) is 32.0 Å². The van der Waals surface area contributed by atoms with Crippen LogP contribution in [0.15, 0.2) is 60.7 Å². The van der Waals surface area contributed by atoms with Gasteiger partial charge in [-0.3, -0.25) is 15.0 Å². The van der Waals surface area contributed by atoms with Crippen molar-refractivity contribution >= 4 is 11.9 Å². The van der Waals surface area contributed by atoms with Gasteiger partial charge in [0, 0.05) is 19.1 Å². The smallest absolute Gasteiger partial charge is 0.321 e. The Hall–Kier alpha value is -2.66. The van der Waals surface area contributed by atoms with Gasteiger partial charge in [0.1, 0.15) is 0 Å². The molecule has 2 aromatic rings. The molecule has 1 aliphatic rings. The van der Waals surface area contributed by atoms with Gasteiger partial charge in [0.2, 0.25) is 5.91 Å². The van der Waals surface area contributed by atoms with E-state index in [9.17, 15) is 9.59 Å². The topological polar surface area (TPSA) is 61.4 Å². The Morgan fingerprint density at radius 3 is 1.88 bits per heavy atom. The second-order valence-corrected chi connectivity index (χ2v) is 6.41. The molecule has 0 saturated heterocycles. The van der Waals surface area contributed by atoms with Gasteiger partial charge in [0.05, 0.1) is 6.54 Å². The van der Waals surface area contributed by atoms with Gasteiger partial charge < -0.3 is 5.32 Å². The summed E-state index contributed by atoms with van der Waals surface area (Å²) in [4.78, 5) is 26.0. The lowest BCUT2D eigenvalue weighted by atomic mass is 10.1. The number of carbonyl (C=O) groups is 2. The summed E-state index contributed by atoms with van der Waals surface area (Å²) >= 11 is 0. The molecule has 2 N–H and O–H groups in total. The second kappa shape index (κ2) is 8.44. The lowest BCUT2D eigenvalue weighted by molar-refractivity contribution is -0.121. The number of rotatable bonds is 7. The maximum atomic E-state index is 12.2. The molecule has 0 heterocycles. The molecule has 130 valence electrons. The standard InChI is InChI=1S/C20H23N3O2/c24-19(22-20(25)21-18-11-12-18)15-23(13-16-7-3-1-4-8-16)14-17-9-5-2-6-10-17/h1-10,18H,11-15H2,(H2,21,22,24,25). The molecule has 5 heteroatoms. The van der Waals surface area contributed by atoms with E-state index in [0.717, 1.165) is 24.0 Å². The molecule has 1 aliphatic carbocycles. The Balaban J connectivity index is 1.60. The minimum absolute atomic E-state index is 0.169. The number of urea groups is 1. The van der Waals surface area contributed by atoms with E-state index < -0.39 is 6.03 Å². The van der Waals surface area contributed by atoms with Gasteiger partial charge in [0.25, 0.3) is 0 Å². The highest BCUT2D eigenvalue weighted by atomic mass is 16.2. The number of nitrogens with one attached hydrogen (secondary N) is 2. The van der Waals surface area contributed by atoms with E-state index in [4.69, 9.17) is 0 Å². The molecule has 0 aromatic heterocycles. The number of imide groups is 1. The molecular weight excluding hydrogens is 314 g/mol. The molecule has 2 aromatic carbocycles. The predicted molar refractivity (Wildman–Crippen MR) is 96.7 cm³/mol. The monoisotopic (exact) mass is 337 g/mol. The highest BCUT2D eigenvalue weighted by molar-refractivity contribution is 5.95. The lowest BCUT2D eigenvalue weighted by Crippen LogP contribution is -2.44. The van der Waals surface area contributed by atoms with Gasteiger partial charge in [-0.15, -0.1) is 0 Å². The zero-order valence-corrected chi connectivity index (χ0v) is 14.2. The summed E-state index contributed by atoms with van der Waals surface area (Å²) in [6.07, 6.45) is 1.99. The average Bonchev–Trinajstić information content (AvgIpc) is 3.40. The number of amides is 3. The van der Waals surface area contributed by atoms with Gasteiger partial charge >= 0.3 is 6.03 Å². The maximum Gasteiger partial charge on any atom is 0.321 e. The first kappa shape index (κ1) is 17.2. The van der Waals surface area contributed by atoms with Crippen LogP contribution in [0.3, 0.4) is 0 Å². The van der Waals surface area contributed by atoms with Gasteiger partial charge in [-0.25, -0.2) is 4.79 Å². The van der Waals surface area contributed by atoms with Crippen LogP contribution in [0.5, 0.6) is 0 Å². The van der Waals surface area contributed by atoms with Crippen LogP contribution in [-0.2, 0) is 17.9 Å². The van der Waals surface area contributed by atoms with Crippen molar-refractivity contribution in [3.05, 3.63) is 71.8 Å². The van der Waals surface area contributed by atoms with Crippen LogP contribution >= 0.6 is 0 Å². The number of carbonyl (C=O) groups excluding carboxylic acids is 2. The highest BCUT2D eigenvalue weighted by Crippen LogP contribution is 2.18. The lowest BCUT2D eigenvalue weighted by Gasteiger charge is -2.22. The van der Waals surface area contributed by atoms with Crippen LogP contribution in [0.2, 0.25) is 0 Å². The van der Waals surface area contributed by atoms with Crippen LogP contribution in [0, 0.1) is 0 Å². The summed E-state index contributed by atoms with van der Waals surface area (Å²) in [5, 5.41) is 5.19. The van der Waals surface area contributed by atoms with Crippen LogP contribution in [0.4, 0.5) is 4.79 Å². The third kappa shape index (κ3) is 6.04. The van der Waals surface area contributed by atoms with Crippen molar-refractivity contribution in [3.63, 3.8) is 0 Å². The normalized spacial score (nSPS) is 13.5. The summed E-state index contributed by atoms with van der Waals surface area (Å²) in [5.74, 6) is -0.287. The SMILES string of the molecule is O=C(CN(Cc1ccccc1)Cc1ccccc1)NC(=O)NC1CC1. The highest BCUT2D eigenvalue weighted by Gasteiger charge is 2.24. The molecular formula is C20H23N3O2. The fourth-order valence-electron chi connectivity index (χ4n) is 2.67. The van der Waals surface area contributed by atoms with Gasteiger partial charge in [0.15, 0.2) is 0 Å². The summed E-state index contributed by atoms with van der Waals surface area (Å²) in [5.41, 5.74) is 2.27. The van der Waals surface area contributed by atoms with E-state index in [1.807, 2.05) is 65.6 Å². The van der Waals surface area contributed by atoms with Crippen molar-refractivity contribution in [1.82, 2.24) is 15.5 Å². The Morgan fingerprint density at radius 1 is 0.880 bits per heavy atom. The molecule has 3 rings (SSSR count). The molecule has 1 saturated carbocycles. The molecule has 0 bridgehead atoms. The summed E-state index contributed by atoms with van der Waals surface area (Å²) in [6.45, 7) is 1.46. The molecule has 0 aliphatic heterocycles. The number of nitrogens with zero attached hydrogens (tertiary/aromatic N) is 1. The molecule has 0 unspecified atom stereocenters. The first-order valence-electron chi connectivity index (χ1n) is 8.59. The van der Waals surface area contributed by atoms with Gasteiger partial charge in [-0.2, -0.15) is 0 Å². The van der Waals surface area contributed by atoms with Crippen LogP contribution in [0.1, 0.15) is 24.0 Å². The average molecular weight is 337 g/mol. The number of benzene rings is 2. The zero-order chi connectivity index (χ0) is 17.5. The molecule has 0 spiro atoms. The second-order valence-electron chi connectivity index (χ2n) is 6.41. The quantitative estimate of drug-likeness (QED) is 0.816. The minimum Gasteiger partial charge on any atom is -0.335 e. The summed E-state index contributed by atoms with van der Waals surface area (Å²) < 4.78 is 0. The first-order chi connectivity index (χ1) is 12.2. The maximum absolute atomic E-state index is 12.2. The molecule has 0 atom stereocenters. The van der Waals surface area contributed by atoms with E-state index in [-0.39, 0.29) is 18.5 Å². The van der Waals surface area contributed by atoms with E-state index in [1.165, 1.54) is 0 Å². The Bertz CT molecular complexity index is 658. The number of hydrogen-bond acceptors (Lipinski definition) is 3. The fourth-order valence-corrected chi connectivity index (χ4v) is 2.67. The largest absolute Gasteiger partial charge is 0.335 e. The van der Waals surface area contributed by atoms with Crippen molar-refractivity contribution in [2.75, 3.05) is 6.54 Å². The fraction of sp³-hybridized carbons (Fsp3) is 0.300.